The molecular weight excluding hydrogens is 394 g/mol. The summed E-state index contributed by atoms with van der Waals surface area (Å²) < 4.78 is 1.85. The maximum absolute atomic E-state index is 13.2. The Morgan fingerprint density at radius 3 is 2.38 bits per heavy atom. The van der Waals surface area contributed by atoms with Gasteiger partial charge < -0.3 is 5.32 Å². The molecule has 4 heteroatoms. The van der Waals surface area contributed by atoms with Crippen molar-refractivity contribution in [3.8, 4) is 16.9 Å². The van der Waals surface area contributed by atoms with E-state index in [0.29, 0.717) is 5.69 Å². The second-order valence-electron chi connectivity index (χ2n) is 7.96. The summed E-state index contributed by atoms with van der Waals surface area (Å²) in [4.78, 5) is 13.2. The van der Waals surface area contributed by atoms with Gasteiger partial charge in [0.2, 0.25) is 0 Å². The van der Waals surface area contributed by atoms with Crippen molar-refractivity contribution < 1.29 is 4.79 Å². The summed E-state index contributed by atoms with van der Waals surface area (Å²) in [5.41, 5.74) is 6.16. The molecule has 0 saturated heterocycles. The molecule has 1 aromatic heterocycles. The standard InChI is InChI=1S/C28H23N3O/c1-19-15-16-25(20(2)17-19)29-28(32)26-18-27(31(30-26)22-11-4-3-5-12-22)24-14-8-10-21-9-6-7-13-23(21)24/h3-18H,1-2H3,(H,29,32). The van der Waals surface area contributed by atoms with Crippen LogP contribution in [0.5, 0.6) is 0 Å². The lowest BCUT2D eigenvalue weighted by Gasteiger charge is -2.10. The zero-order chi connectivity index (χ0) is 22.1. The van der Waals surface area contributed by atoms with Gasteiger partial charge in [0.25, 0.3) is 5.91 Å². The average Bonchev–Trinajstić information content (AvgIpc) is 3.26. The fourth-order valence-corrected chi connectivity index (χ4v) is 4.04. The summed E-state index contributed by atoms with van der Waals surface area (Å²) >= 11 is 0. The summed E-state index contributed by atoms with van der Waals surface area (Å²) in [5.74, 6) is -0.229. The third kappa shape index (κ3) is 3.67. The molecule has 0 spiro atoms. The van der Waals surface area contributed by atoms with Crippen LogP contribution < -0.4 is 5.32 Å². The zero-order valence-corrected chi connectivity index (χ0v) is 18.0. The number of amides is 1. The van der Waals surface area contributed by atoms with E-state index in [1.807, 2.05) is 85.3 Å². The highest BCUT2D eigenvalue weighted by atomic mass is 16.2. The third-order valence-corrected chi connectivity index (χ3v) is 5.64. The highest BCUT2D eigenvalue weighted by Crippen LogP contribution is 2.31. The van der Waals surface area contributed by atoms with Gasteiger partial charge in [-0.2, -0.15) is 5.10 Å². The second kappa shape index (κ2) is 8.16. The molecular formula is C28H23N3O. The monoisotopic (exact) mass is 417 g/mol. The second-order valence-corrected chi connectivity index (χ2v) is 7.96. The number of hydrogen-bond acceptors (Lipinski definition) is 2. The minimum Gasteiger partial charge on any atom is -0.320 e. The molecule has 1 amide bonds. The molecule has 0 aliphatic rings. The predicted octanol–water partition coefficient (Wildman–Crippen LogP) is 6.56. The summed E-state index contributed by atoms with van der Waals surface area (Å²) in [7, 11) is 0. The van der Waals surface area contributed by atoms with E-state index in [4.69, 9.17) is 5.10 Å². The van der Waals surface area contributed by atoms with E-state index in [9.17, 15) is 4.79 Å². The van der Waals surface area contributed by atoms with Crippen molar-refractivity contribution in [2.45, 2.75) is 13.8 Å². The Morgan fingerprint density at radius 1 is 0.812 bits per heavy atom. The van der Waals surface area contributed by atoms with Gasteiger partial charge in [-0.05, 0) is 54.4 Å². The number of carbonyl (C=O) groups excluding carboxylic acids is 1. The molecule has 32 heavy (non-hydrogen) atoms. The van der Waals surface area contributed by atoms with Crippen molar-refractivity contribution in [3.63, 3.8) is 0 Å². The first-order chi connectivity index (χ1) is 15.6. The lowest BCUT2D eigenvalue weighted by molar-refractivity contribution is 0.102. The lowest BCUT2D eigenvalue weighted by Crippen LogP contribution is -2.14. The fraction of sp³-hybridized carbons (Fsp3) is 0.0714. The summed E-state index contributed by atoms with van der Waals surface area (Å²) in [5, 5.41) is 10.00. The largest absolute Gasteiger partial charge is 0.320 e. The number of anilines is 1. The molecule has 0 aliphatic carbocycles. The summed E-state index contributed by atoms with van der Waals surface area (Å²) in [6.07, 6.45) is 0. The topological polar surface area (TPSA) is 46.9 Å². The molecule has 1 N–H and O–H groups in total. The molecule has 0 atom stereocenters. The molecule has 0 fully saturated rings. The summed E-state index contributed by atoms with van der Waals surface area (Å²) in [6, 6.07) is 32.2. The van der Waals surface area contributed by atoms with Crippen LogP contribution in [0.1, 0.15) is 21.6 Å². The number of benzene rings is 4. The maximum Gasteiger partial charge on any atom is 0.276 e. The van der Waals surface area contributed by atoms with E-state index >= 15 is 0 Å². The molecule has 5 aromatic rings. The molecule has 0 aliphatic heterocycles. The number of fused-ring (bicyclic) bond motifs is 1. The van der Waals surface area contributed by atoms with Crippen LogP contribution >= 0.6 is 0 Å². The number of para-hydroxylation sites is 1. The van der Waals surface area contributed by atoms with Gasteiger partial charge in [-0.1, -0.05) is 78.4 Å². The van der Waals surface area contributed by atoms with E-state index in [1.165, 1.54) is 0 Å². The number of hydrogen-bond donors (Lipinski definition) is 1. The molecule has 0 saturated carbocycles. The van der Waals surface area contributed by atoms with Crippen molar-refractivity contribution in [1.29, 1.82) is 0 Å². The van der Waals surface area contributed by atoms with Gasteiger partial charge in [0, 0.05) is 11.3 Å². The van der Waals surface area contributed by atoms with Crippen molar-refractivity contribution in [2.24, 2.45) is 0 Å². The van der Waals surface area contributed by atoms with Gasteiger partial charge in [0.15, 0.2) is 5.69 Å². The minimum absolute atomic E-state index is 0.229. The zero-order valence-electron chi connectivity index (χ0n) is 18.0. The molecule has 0 unspecified atom stereocenters. The Balaban J connectivity index is 1.63. The Kier molecular flexibility index (Phi) is 5.04. The smallest absolute Gasteiger partial charge is 0.276 e. The number of carbonyl (C=O) groups is 1. The molecule has 0 bridgehead atoms. The molecule has 4 nitrogen and oxygen atoms in total. The van der Waals surface area contributed by atoms with Gasteiger partial charge in [0.1, 0.15) is 0 Å². The Bertz CT molecular complexity index is 1430. The van der Waals surface area contributed by atoms with Crippen molar-refractivity contribution in [3.05, 3.63) is 114 Å². The van der Waals surface area contributed by atoms with Gasteiger partial charge >= 0.3 is 0 Å². The average molecular weight is 418 g/mol. The van der Waals surface area contributed by atoms with E-state index in [2.05, 4.69) is 35.6 Å². The quantitative estimate of drug-likeness (QED) is 0.360. The van der Waals surface area contributed by atoms with Crippen LogP contribution in [-0.2, 0) is 0 Å². The first-order valence-electron chi connectivity index (χ1n) is 10.6. The minimum atomic E-state index is -0.229. The SMILES string of the molecule is Cc1ccc(NC(=O)c2cc(-c3cccc4ccccc34)n(-c3ccccc3)n2)c(C)c1. The van der Waals surface area contributed by atoms with Gasteiger partial charge in [-0.3, -0.25) is 4.79 Å². The summed E-state index contributed by atoms with van der Waals surface area (Å²) in [6.45, 7) is 4.03. The lowest BCUT2D eigenvalue weighted by atomic mass is 10.0. The first-order valence-corrected chi connectivity index (χ1v) is 10.6. The fourth-order valence-electron chi connectivity index (χ4n) is 4.04. The number of aryl methyl sites for hydroxylation is 2. The van der Waals surface area contributed by atoms with Crippen LogP contribution in [0.15, 0.2) is 97.1 Å². The van der Waals surface area contributed by atoms with Crippen LogP contribution in [0.4, 0.5) is 5.69 Å². The highest BCUT2D eigenvalue weighted by Gasteiger charge is 2.18. The van der Waals surface area contributed by atoms with E-state index in [1.54, 1.807) is 0 Å². The highest BCUT2D eigenvalue weighted by molar-refractivity contribution is 6.05. The van der Waals surface area contributed by atoms with Crippen LogP contribution in [-0.4, -0.2) is 15.7 Å². The van der Waals surface area contributed by atoms with Crippen molar-refractivity contribution in [2.75, 3.05) is 5.32 Å². The molecule has 4 aromatic carbocycles. The van der Waals surface area contributed by atoms with Crippen LogP contribution in [0.3, 0.4) is 0 Å². The molecule has 0 radical (unpaired) electrons. The molecule has 5 rings (SSSR count). The van der Waals surface area contributed by atoms with Gasteiger partial charge in [0.05, 0.1) is 11.4 Å². The first kappa shape index (κ1) is 19.8. The maximum atomic E-state index is 13.2. The molecule has 1 heterocycles. The van der Waals surface area contributed by atoms with Crippen molar-refractivity contribution >= 4 is 22.4 Å². The van der Waals surface area contributed by atoms with Gasteiger partial charge in [-0.25, -0.2) is 4.68 Å². The van der Waals surface area contributed by atoms with Gasteiger partial charge in [-0.15, -0.1) is 0 Å². The van der Waals surface area contributed by atoms with E-state index < -0.39 is 0 Å². The third-order valence-electron chi connectivity index (χ3n) is 5.64. The van der Waals surface area contributed by atoms with E-state index in [-0.39, 0.29) is 5.91 Å². The van der Waals surface area contributed by atoms with Crippen LogP contribution in [0.25, 0.3) is 27.7 Å². The Morgan fingerprint density at radius 2 is 1.56 bits per heavy atom. The number of nitrogens with zero attached hydrogens (tertiary/aromatic N) is 2. The predicted molar refractivity (Wildman–Crippen MR) is 130 cm³/mol. The van der Waals surface area contributed by atoms with Crippen LogP contribution in [0.2, 0.25) is 0 Å². The molecule has 156 valence electrons. The normalized spacial score (nSPS) is 10.9. The number of rotatable bonds is 4. The number of aromatic nitrogens is 2. The van der Waals surface area contributed by atoms with Crippen LogP contribution in [0, 0.1) is 13.8 Å². The van der Waals surface area contributed by atoms with E-state index in [0.717, 1.165) is 44.5 Å². The number of nitrogens with one attached hydrogen (secondary N) is 1. The van der Waals surface area contributed by atoms with Crippen molar-refractivity contribution in [1.82, 2.24) is 9.78 Å². The Hall–Kier alpha value is -4.18. The Labute approximate surface area is 187 Å².